The molecule has 0 aliphatic carbocycles. The van der Waals surface area contributed by atoms with Crippen molar-refractivity contribution in [2.24, 2.45) is 0 Å². The van der Waals surface area contributed by atoms with E-state index in [4.69, 9.17) is 14.0 Å². The third kappa shape index (κ3) is 6.73. The van der Waals surface area contributed by atoms with Crippen molar-refractivity contribution in [2.75, 3.05) is 46.3 Å². The first kappa shape index (κ1) is 28.1. The summed E-state index contributed by atoms with van der Waals surface area (Å²) in [5.41, 5.74) is 2.90. The quantitative estimate of drug-likeness (QED) is 0.185. The van der Waals surface area contributed by atoms with Crippen LogP contribution in [0.3, 0.4) is 0 Å². The van der Waals surface area contributed by atoms with Crippen molar-refractivity contribution in [1.82, 2.24) is 15.0 Å². The molecule has 0 fully saturated rings. The molecule has 1 amide bonds. The highest BCUT2D eigenvalue weighted by atomic mass is 16.6. The monoisotopic (exact) mass is 545 g/mol. The Morgan fingerprint density at radius 3 is 2.35 bits per heavy atom. The number of anilines is 1. The van der Waals surface area contributed by atoms with Crippen LogP contribution in [0, 0.1) is 10.1 Å². The summed E-state index contributed by atoms with van der Waals surface area (Å²) < 4.78 is 16.2. The number of carbonyl (C=O) groups excluding carboxylic acids is 1. The molecule has 0 saturated heterocycles. The minimum absolute atomic E-state index is 0.146. The van der Waals surface area contributed by atoms with Crippen molar-refractivity contribution in [1.29, 1.82) is 0 Å². The summed E-state index contributed by atoms with van der Waals surface area (Å²) >= 11 is 0. The second-order valence-corrected chi connectivity index (χ2v) is 9.24. The first-order chi connectivity index (χ1) is 19.3. The van der Waals surface area contributed by atoms with Gasteiger partial charge in [-0.3, -0.25) is 14.9 Å². The van der Waals surface area contributed by atoms with E-state index in [1.54, 1.807) is 25.2 Å². The molecule has 4 aromatic rings. The number of aromatic nitrogens is 2. The van der Waals surface area contributed by atoms with Crippen molar-refractivity contribution in [3.63, 3.8) is 0 Å². The molecule has 0 bridgehead atoms. The maximum Gasteiger partial charge on any atom is 0.270 e. The van der Waals surface area contributed by atoms with Crippen LogP contribution in [0.25, 0.3) is 11.4 Å². The Balaban J connectivity index is 1.51. The number of hydrogen-bond acceptors (Lipinski definition) is 9. The molecule has 0 aliphatic heterocycles. The Bertz CT molecular complexity index is 1470. The molecule has 0 aliphatic rings. The van der Waals surface area contributed by atoms with E-state index < -0.39 is 4.92 Å². The summed E-state index contributed by atoms with van der Waals surface area (Å²) in [7, 11) is 7.06. The average Bonchev–Trinajstić information content (AvgIpc) is 3.45. The molecule has 0 N–H and O–H groups in total. The number of methoxy groups -OCH3 is 2. The van der Waals surface area contributed by atoms with Crippen LogP contribution in [-0.2, 0) is 12.8 Å². The highest BCUT2D eigenvalue weighted by Crippen LogP contribution is 2.28. The van der Waals surface area contributed by atoms with E-state index in [9.17, 15) is 14.9 Å². The molecule has 1 heterocycles. The number of nitrogens with zero attached hydrogens (tertiary/aromatic N) is 5. The molecule has 3 aromatic carbocycles. The molecular weight excluding hydrogens is 514 g/mol. The lowest BCUT2D eigenvalue weighted by molar-refractivity contribution is -0.384. The van der Waals surface area contributed by atoms with Gasteiger partial charge in [-0.25, -0.2) is 0 Å². The van der Waals surface area contributed by atoms with Crippen LogP contribution in [0.2, 0.25) is 0 Å². The normalized spacial score (nSPS) is 10.7. The standard InChI is InChI=1S/C29H31N5O6/c1-32(2)23-11-9-21(10-12-23)28-30-27(40-31-28)15-17-33(29(35)22-6-5-7-24(19-22)34(36)37)16-14-20-8-13-25(38-3)26(18-20)39-4/h5-13,18-19H,14-17H2,1-4H3. The van der Waals surface area contributed by atoms with Gasteiger partial charge in [-0.2, -0.15) is 4.98 Å². The van der Waals surface area contributed by atoms with Gasteiger partial charge in [0.05, 0.1) is 19.1 Å². The van der Waals surface area contributed by atoms with E-state index in [0.717, 1.165) is 16.8 Å². The summed E-state index contributed by atoms with van der Waals surface area (Å²) in [6.45, 7) is 0.625. The number of nitro groups is 1. The Morgan fingerprint density at radius 1 is 0.950 bits per heavy atom. The zero-order valence-corrected chi connectivity index (χ0v) is 22.9. The van der Waals surface area contributed by atoms with Gasteiger partial charge in [-0.15, -0.1) is 0 Å². The van der Waals surface area contributed by atoms with Gasteiger partial charge >= 0.3 is 0 Å². The van der Waals surface area contributed by atoms with Gasteiger partial charge in [-0.1, -0.05) is 17.3 Å². The lowest BCUT2D eigenvalue weighted by Gasteiger charge is -2.22. The topological polar surface area (TPSA) is 124 Å². The fourth-order valence-electron chi connectivity index (χ4n) is 4.16. The smallest absolute Gasteiger partial charge is 0.270 e. The van der Waals surface area contributed by atoms with Gasteiger partial charge in [0.15, 0.2) is 11.5 Å². The first-order valence-corrected chi connectivity index (χ1v) is 12.6. The second kappa shape index (κ2) is 12.7. The van der Waals surface area contributed by atoms with Crippen molar-refractivity contribution < 1.29 is 23.7 Å². The van der Waals surface area contributed by atoms with Gasteiger partial charge < -0.3 is 23.8 Å². The van der Waals surface area contributed by atoms with E-state index in [-0.39, 0.29) is 23.7 Å². The molecule has 0 atom stereocenters. The molecule has 4 rings (SSSR count). The third-order valence-electron chi connectivity index (χ3n) is 6.42. The molecule has 11 heteroatoms. The second-order valence-electron chi connectivity index (χ2n) is 9.24. The van der Waals surface area contributed by atoms with Crippen molar-refractivity contribution in [3.8, 4) is 22.9 Å². The maximum absolute atomic E-state index is 13.5. The number of nitro benzene ring substituents is 1. The number of ether oxygens (including phenoxy) is 2. The van der Waals surface area contributed by atoms with E-state index >= 15 is 0 Å². The SMILES string of the molecule is COc1ccc(CCN(CCc2nc(-c3ccc(N(C)C)cc3)no2)C(=O)c2cccc([N+](=O)[O-])c2)cc1OC. The predicted octanol–water partition coefficient (Wildman–Crippen LogP) is 4.66. The van der Waals surface area contributed by atoms with Crippen LogP contribution >= 0.6 is 0 Å². The third-order valence-corrected chi connectivity index (χ3v) is 6.42. The van der Waals surface area contributed by atoms with Crippen molar-refractivity contribution >= 4 is 17.3 Å². The highest BCUT2D eigenvalue weighted by molar-refractivity contribution is 5.94. The van der Waals surface area contributed by atoms with Gasteiger partial charge in [0.1, 0.15) is 0 Å². The van der Waals surface area contributed by atoms with Crippen molar-refractivity contribution in [2.45, 2.75) is 12.8 Å². The van der Waals surface area contributed by atoms with Gasteiger partial charge in [0.25, 0.3) is 11.6 Å². The minimum atomic E-state index is -0.518. The molecule has 40 heavy (non-hydrogen) atoms. The Hall–Kier alpha value is -4.93. The zero-order chi connectivity index (χ0) is 28.6. The number of carbonyl (C=O) groups is 1. The Morgan fingerprint density at radius 2 is 1.68 bits per heavy atom. The van der Waals surface area contributed by atoms with E-state index in [0.29, 0.717) is 42.6 Å². The minimum Gasteiger partial charge on any atom is -0.493 e. The molecule has 208 valence electrons. The molecule has 0 radical (unpaired) electrons. The Kier molecular flexibility index (Phi) is 8.95. The van der Waals surface area contributed by atoms with Gasteiger partial charge in [0, 0.05) is 62.6 Å². The number of non-ortho nitro benzene ring substituents is 1. The van der Waals surface area contributed by atoms with Crippen LogP contribution in [-0.4, -0.2) is 67.3 Å². The summed E-state index contributed by atoms with van der Waals surface area (Å²) in [5, 5.41) is 15.4. The number of amides is 1. The molecule has 11 nitrogen and oxygen atoms in total. The molecule has 0 spiro atoms. The summed E-state index contributed by atoms with van der Waals surface area (Å²) in [6, 6.07) is 19.1. The van der Waals surface area contributed by atoms with E-state index in [2.05, 4.69) is 10.1 Å². The molecule has 0 saturated carbocycles. The van der Waals surface area contributed by atoms with Crippen LogP contribution in [0.4, 0.5) is 11.4 Å². The highest BCUT2D eigenvalue weighted by Gasteiger charge is 2.20. The zero-order valence-electron chi connectivity index (χ0n) is 22.9. The maximum atomic E-state index is 13.5. The van der Waals surface area contributed by atoms with Crippen molar-refractivity contribution in [3.05, 3.63) is 93.9 Å². The van der Waals surface area contributed by atoms with Crippen LogP contribution < -0.4 is 14.4 Å². The fraction of sp³-hybridized carbons (Fsp3) is 0.276. The van der Waals surface area contributed by atoms with Crippen LogP contribution in [0.1, 0.15) is 21.8 Å². The Labute approximate surface area is 232 Å². The largest absolute Gasteiger partial charge is 0.493 e. The first-order valence-electron chi connectivity index (χ1n) is 12.6. The van der Waals surface area contributed by atoms with Crippen LogP contribution in [0.15, 0.2) is 71.3 Å². The lowest BCUT2D eigenvalue weighted by atomic mass is 10.1. The molecule has 1 aromatic heterocycles. The lowest BCUT2D eigenvalue weighted by Crippen LogP contribution is -2.35. The fourth-order valence-corrected chi connectivity index (χ4v) is 4.16. The number of rotatable bonds is 12. The molecule has 0 unspecified atom stereocenters. The van der Waals surface area contributed by atoms with Crippen LogP contribution in [0.5, 0.6) is 11.5 Å². The summed E-state index contributed by atoms with van der Waals surface area (Å²) in [6.07, 6.45) is 0.837. The number of hydrogen-bond donors (Lipinski definition) is 0. The van der Waals surface area contributed by atoms with E-state index in [1.165, 1.54) is 18.2 Å². The summed E-state index contributed by atoms with van der Waals surface area (Å²) in [4.78, 5) is 32.4. The van der Waals surface area contributed by atoms with Gasteiger partial charge in [-0.05, 0) is 54.4 Å². The molecular formula is C29H31N5O6. The van der Waals surface area contributed by atoms with E-state index in [1.807, 2.05) is 61.5 Å². The average molecular weight is 546 g/mol. The predicted molar refractivity (Wildman–Crippen MR) is 150 cm³/mol. The van der Waals surface area contributed by atoms with Gasteiger partial charge in [0.2, 0.25) is 11.7 Å². The summed E-state index contributed by atoms with van der Waals surface area (Å²) in [5.74, 6) is 1.72. The number of benzene rings is 3.